The molecule has 2 aromatic heterocycles. The predicted octanol–water partition coefficient (Wildman–Crippen LogP) is 1.94. The maximum atomic E-state index is 13.0. The van der Waals surface area contributed by atoms with Gasteiger partial charge >= 0.3 is 6.09 Å². The molecule has 9 nitrogen and oxygen atoms in total. The Balaban J connectivity index is 1.21. The van der Waals surface area contributed by atoms with Gasteiger partial charge in [0.2, 0.25) is 0 Å². The van der Waals surface area contributed by atoms with E-state index in [9.17, 15) is 14.7 Å². The number of cyclic esters (lactones) is 1. The van der Waals surface area contributed by atoms with Gasteiger partial charge in [-0.2, -0.15) is 0 Å². The predicted molar refractivity (Wildman–Crippen MR) is 118 cm³/mol. The molecule has 0 aromatic carbocycles. The summed E-state index contributed by atoms with van der Waals surface area (Å²) in [6.45, 7) is 4.69. The van der Waals surface area contributed by atoms with Gasteiger partial charge in [0.15, 0.2) is 0 Å². The Hall–Kier alpha value is -3.20. The lowest BCUT2D eigenvalue weighted by atomic mass is 10.1. The number of aryl methyl sites for hydroxylation is 1. The van der Waals surface area contributed by atoms with Crippen LogP contribution in [-0.4, -0.2) is 77.4 Å². The standard InChI is InChI=1S/C23H27N5O4/c1-15-10-18(16-2-3-16)12-25-21(15)26-6-8-27(9-7-26)22(30)17-4-5-20(24-11-17)28-19(13-29)14-32-23(28)31/h4-5,10-12,16,19,29H,2-3,6-9,13-14H2,1H3/t19-/m1/s1. The van der Waals surface area contributed by atoms with Crippen LogP contribution in [0.25, 0.3) is 0 Å². The van der Waals surface area contributed by atoms with E-state index in [-0.39, 0.29) is 19.1 Å². The van der Waals surface area contributed by atoms with Gasteiger partial charge in [-0.25, -0.2) is 14.8 Å². The molecule has 32 heavy (non-hydrogen) atoms. The Labute approximate surface area is 186 Å². The van der Waals surface area contributed by atoms with E-state index in [1.807, 2.05) is 11.1 Å². The van der Waals surface area contributed by atoms with Crippen molar-refractivity contribution in [3.63, 3.8) is 0 Å². The van der Waals surface area contributed by atoms with Crippen LogP contribution in [-0.2, 0) is 4.74 Å². The zero-order valence-corrected chi connectivity index (χ0v) is 18.1. The Morgan fingerprint density at radius 3 is 2.56 bits per heavy atom. The lowest BCUT2D eigenvalue weighted by Crippen LogP contribution is -2.49. The molecule has 4 heterocycles. The Bertz CT molecular complexity index is 1020. The second kappa shape index (κ2) is 8.38. The number of anilines is 2. The summed E-state index contributed by atoms with van der Waals surface area (Å²) in [7, 11) is 0. The van der Waals surface area contributed by atoms with Crippen molar-refractivity contribution < 1.29 is 19.4 Å². The summed E-state index contributed by atoms with van der Waals surface area (Å²) in [6, 6.07) is 5.08. The van der Waals surface area contributed by atoms with E-state index in [2.05, 4.69) is 22.9 Å². The van der Waals surface area contributed by atoms with Crippen molar-refractivity contribution in [2.45, 2.75) is 31.7 Å². The molecule has 168 valence electrons. The molecule has 2 aromatic rings. The Morgan fingerprint density at radius 1 is 1.16 bits per heavy atom. The molecule has 0 spiro atoms. The van der Waals surface area contributed by atoms with Crippen LogP contribution in [0.4, 0.5) is 16.4 Å². The van der Waals surface area contributed by atoms with Crippen LogP contribution in [0.3, 0.4) is 0 Å². The van der Waals surface area contributed by atoms with Gasteiger partial charge in [0.05, 0.1) is 18.2 Å². The number of pyridine rings is 2. The van der Waals surface area contributed by atoms with E-state index in [0.717, 1.165) is 18.9 Å². The summed E-state index contributed by atoms with van der Waals surface area (Å²) in [6.07, 6.45) is 5.47. The zero-order chi connectivity index (χ0) is 22.2. The highest BCUT2D eigenvalue weighted by Gasteiger charge is 2.35. The van der Waals surface area contributed by atoms with E-state index < -0.39 is 12.1 Å². The third kappa shape index (κ3) is 3.88. The average molecular weight is 438 g/mol. The molecule has 2 amide bonds. The first-order valence-corrected chi connectivity index (χ1v) is 11.1. The number of piperazine rings is 1. The molecule has 9 heteroatoms. The van der Waals surface area contributed by atoms with Gasteiger partial charge < -0.3 is 19.6 Å². The van der Waals surface area contributed by atoms with E-state index in [4.69, 9.17) is 9.72 Å². The number of aliphatic hydroxyl groups excluding tert-OH is 1. The number of ether oxygens (including phenoxy) is 1. The number of aromatic nitrogens is 2. The van der Waals surface area contributed by atoms with Crippen molar-refractivity contribution in [1.82, 2.24) is 14.9 Å². The molecule has 0 radical (unpaired) electrons. The van der Waals surface area contributed by atoms with Crippen LogP contribution in [0.2, 0.25) is 0 Å². The van der Waals surface area contributed by atoms with Gasteiger partial charge in [0, 0.05) is 38.6 Å². The summed E-state index contributed by atoms with van der Waals surface area (Å²) in [5.74, 6) is 1.98. The lowest BCUT2D eigenvalue weighted by molar-refractivity contribution is 0.0746. The molecule has 2 aliphatic heterocycles. The number of aliphatic hydroxyl groups is 1. The van der Waals surface area contributed by atoms with Gasteiger partial charge in [0.1, 0.15) is 18.2 Å². The summed E-state index contributed by atoms with van der Waals surface area (Å²) >= 11 is 0. The Kier molecular flexibility index (Phi) is 5.42. The third-order valence-corrected chi connectivity index (χ3v) is 6.40. The van der Waals surface area contributed by atoms with Crippen LogP contribution < -0.4 is 9.80 Å². The van der Waals surface area contributed by atoms with E-state index in [0.29, 0.717) is 30.4 Å². The molecule has 3 aliphatic rings. The molecule has 1 saturated carbocycles. The molecule has 0 unspecified atom stereocenters. The van der Waals surface area contributed by atoms with Crippen LogP contribution in [0.5, 0.6) is 0 Å². The number of carbonyl (C=O) groups is 2. The van der Waals surface area contributed by atoms with Crippen LogP contribution in [0.1, 0.15) is 40.2 Å². The summed E-state index contributed by atoms with van der Waals surface area (Å²) in [5.41, 5.74) is 3.00. The average Bonchev–Trinajstić information content (AvgIpc) is 3.61. The van der Waals surface area contributed by atoms with Gasteiger partial charge in [-0.1, -0.05) is 6.07 Å². The second-order valence-corrected chi connectivity index (χ2v) is 8.65. The number of amides is 2. The van der Waals surface area contributed by atoms with Crippen LogP contribution >= 0.6 is 0 Å². The number of nitrogens with zero attached hydrogens (tertiary/aromatic N) is 5. The summed E-state index contributed by atoms with van der Waals surface area (Å²) < 4.78 is 4.97. The second-order valence-electron chi connectivity index (χ2n) is 8.65. The lowest BCUT2D eigenvalue weighted by Gasteiger charge is -2.36. The molecule has 1 N–H and O–H groups in total. The van der Waals surface area contributed by atoms with Crippen molar-refractivity contribution in [3.8, 4) is 0 Å². The van der Waals surface area contributed by atoms with Crippen molar-refractivity contribution in [1.29, 1.82) is 0 Å². The normalized spacial score (nSPS) is 21.1. The topological polar surface area (TPSA) is 99.1 Å². The highest BCUT2D eigenvalue weighted by Crippen LogP contribution is 2.40. The van der Waals surface area contributed by atoms with Gasteiger partial charge in [-0.3, -0.25) is 9.69 Å². The SMILES string of the molecule is Cc1cc(C2CC2)cnc1N1CCN(C(=O)c2ccc(N3C(=O)OC[C@H]3CO)nc2)CC1. The Morgan fingerprint density at radius 2 is 1.94 bits per heavy atom. The maximum absolute atomic E-state index is 13.0. The van der Waals surface area contributed by atoms with Crippen LogP contribution in [0, 0.1) is 6.92 Å². The first kappa shape index (κ1) is 20.7. The third-order valence-electron chi connectivity index (χ3n) is 6.40. The van der Waals surface area contributed by atoms with Crippen molar-refractivity contribution in [3.05, 3.63) is 47.3 Å². The fraction of sp³-hybridized carbons (Fsp3) is 0.478. The molecule has 0 bridgehead atoms. The van der Waals surface area contributed by atoms with Crippen molar-refractivity contribution in [2.24, 2.45) is 0 Å². The number of rotatable bonds is 5. The number of carbonyl (C=O) groups excluding carboxylic acids is 2. The van der Waals surface area contributed by atoms with E-state index in [1.54, 1.807) is 12.1 Å². The maximum Gasteiger partial charge on any atom is 0.416 e. The van der Waals surface area contributed by atoms with Crippen LogP contribution in [0.15, 0.2) is 30.6 Å². The van der Waals surface area contributed by atoms with E-state index >= 15 is 0 Å². The molecule has 2 saturated heterocycles. The van der Waals surface area contributed by atoms with E-state index in [1.165, 1.54) is 35.1 Å². The first-order valence-electron chi connectivity index (χ1n) is 11.1. The fourth-order valence-electron chi connectivity index (χ4n) is 4.39. The largest absolute Gasteiger partial charge is 0.447 e. The monoisotopic (exact) mass is 437 g/mol. The highest BCUT2D eigenvalue weighted by atomic mass is 16.6. The van der Waals surface area contributed by atoms with Gasteiger partial charge in [0.25, 0.3) is 5.91 Å². The molecule has 1 atom stereocenters. The fourth-order valence-corrected chi connectivity index (χ4v) is 4.39. The minimum Gasteiger partial charge on any atom is -0.447 e. The molecular weight excluding hydrogens is 410 g/mol. The minimum absolute atomic E-state index is 0.0832. The molecular formula is C23H27N5O4. The van der Waals surface area contributed by atoms with Gasteiger partial charge in [-0.05, 0) is 48.9 Å². The summed E-state index contributed by atoms with van der Waals surface area (Å²) in [4.78, 5) is 39.2. The van der Waals surface area contributed by atoms with Crippen molar-refractivity contribution >= 4 is 23.6 Å². The highest BCUT2D eigenvalue weighted by molar-refractivity contribution is 5.95. The van der Waals surface area contributed by atoms with Crippen molar-refractivity contribution in [2.75, 3.05) is 49.2 Å². The smallest absolute Gasteiger partial charge is 0.416 e. The zero-order valence-electron chi connectivity index (χ0n) is 18.1. The quantitative estimate of drug-likeness (QED) is 0.763. The van der Waals surface area contributed by atoms with Gasteiger partial charge in [-0.15, -0.1) is 0 Å². The minimum atomic E-state index is -0.541. The summed E-state index contributed by atoms with van der Waals surface area (Å²) in [5, 5.41) is 9.42. The number of hydrogen-bond acceptors (Lipinski definition) is 7. The molecule has 3 fully saturated rings. The molecule has 1 aliphatic carbocycles. The molecule has 5 rings (SSSR count). The number of hydrogen-bond donors (Lipinski definition) is 1. The first-order chi connectivity index (χ1) is 15.5.